The average molecular weight is 227 g/mol. The molecule has 2 heterocycles. The topological polar surface area (TPSA) is 29.3 Å². The highest BCUT2D eigenvalue weighted by molar-refractivity contribution is 5.85. The average Bonchev–Trinajstić information content (AvgIpc) is 1.92. The Hall–Kier alpha value is 0.500. The Labute approximate surface area is 93.1 Å². The summed E-state index contributed by atoms with van der Waals surface area (Å²) < 4.78 is 0. The SMILES string of the molecule is CC1C2CCCN1CC(N)C2.Cl.Cl. The molecule has 0 aromatic rings. The van der Waals surface area contributed by atoms with E-state index in [2.05, 4.69) is 11.8 Å². The fourth-order valence-corrected chi connectivity index (χ4v) is 2.64. The Morgan fingerprint density at radius 2 is 2.00 bits per heavy atom. The van der Waals surface area contributed by atoms with Crippen LogP contribution < -0.4 is 5.73 Å². The van der Waals surface area contributed by atoms with E-state index in [9.17, 15) is 0 Å². The number of rotatable bonds is 0. The third-order valence-corrected chi connectivity index (χ3v) is 3.35. The first kappa shape index (κ1) is 13.5. The van der Waals surface area contributed by atoms with Gasteiger partial charge in [0.2, 0.25) is 0 Å². The second kappa shape index (κ2) is 5.40. The van der Waals surface area contributed by atoms with Crippen LogP contribution in [0.3, 0.4) is 0 Å². The van der Waals surface area contributed by atoms with Gasteiger partial charge in [0.1, 0.15) is 0 Å². The summed E-state index contributed by atoms with van der Waals surface area (Å²) in [5, 5.41) is 0. The van der Waals surface area contributed by atoms with E-state index in [1.165, 1.54) is 25.8 Å². The van der Waals surface area contributed by atoms with Gasteiger partial charge in [0.05, 0.1) is 0 Å². The molecular formula is C9H20Cl2N2. The van der Waals surface area contributed by atoms with Crippen LogP contribution in [0.1, 0.15) is 26.2 Å². The highest BCUT2D eigenvalue weighted by atomic mass is 35.5. The minimum Gasteiger partial charge on any atom is -0.327 e. The van der Waals surface area contributed by atoms with Gasteiger partial charge in [-0.15, -0.1) is 24.8 Å². The lowest BCUT2D eigenvalue weighted by Crippen LogP contribution is -2.54. The zero-order chi connectivity index (χ0) is 7.84. The molecule has 4 unspecified atom stereocenters. The van der Waals surface area contributed by atoms with Crippen molar-refractivity contribution in [2.75, 3.05) is 13.1 Å². The van der Waals surface area contributed by atoms with E-state index in [4.69, 9.17) is 5.73 Å². The summed E-state index contributed by atoms with van der Waals surface area (Å²) in [7, 11) is 0. The highest BCUT2D eigenvalue weighted by Crippen LogP contribution is 2.30. The van der Waals surface area contributed by atoms with Crippen molar-refractivity contribution in [1.82, 2.24) is 4.90 Å². The molecule has 2 N–H and O–H groups in total. The van der Waals surface area contributed by atoms with Gasteiger partial charge in [-0.05, 0) is 38.6 Å². The largest absolute Gasteiger partial charge is 0.327 e. The maximum Gasteiger partial charge on any atom is 0.0171 e. The maximum atomic E-state index is 5.95. The van der Waals surface area contributed by atoms with Crippen LogP contribution in [-0.4, -0.2) is 30.1 Å². The van der Waals surface area contributed by atoms with Gasteiger partial charge in [0, 0.05) is 18.6 Å². The van der Waals surface area contributed by atoms with E-state index in [-0.39, 0.29) is 24.8 Å². The molecule has 2 bridgehead atoms. The molecule has 80 valence electrons. The zero-order valence-corrected chi connectivity index (χ0v) is 9.74. The van der Waals surface area contributed by atoms with Crippen LogP contribution in [0.5, 0.6) is 0 Å². The Bertz CT molecular complexity index is 141. The van der Waals surface area contributed by atoms with Crippen LogP contribution in [0.25, 0.3) is 0 Å². The number of fused-ring (bicyclic) bond motifs is 2. The Kier molecular flexibility index (Phi) is 5.61. The zero-order valence-electron chi connectivity index (χ0n) is 8.11. The van der Waals surface area contributed by atoms with Crippen molar-refractivity contribution in [3.63, 3.8) is 0 Å². The summed E-state index contributed by atoms with van der Waals surface area (Å²) in [6.45, 7) is 4.78. The summed E-state index contributed by atoms with van der Waals surface area (Å²) in [4.78, 5) is 2.56. The first-order valence-corrected chi connectivity index (χ1v) is 4.77. The smallest absolute Gasteiger partial charge is 0.0171 e. The first-order chi connectivity index (χ1) is 5.27. The standard InChI is InChI=1S/C9H18N2.2ClH/c1-7-8-3-2-4-11(7)6-9(10)5-8;;/h7-9H,2-6,10H2,1H3;2*1H. The van der Waals surface area contributed by atoms with Gasteiger partial charge in [-0.2, -0.15) is 0 Å². The molecule has 13 heavy (non-hydrogen) atoms. The Morgan fingerprint density at radius 3 is 2.62 bits per heavy atom. The molecule has 0 saturated carbocycles. The molecule has 0 radical (unpaired) electrons. The highest BCUT2D eigenvalue weighted by Gasteiger charge is 2.34. The summed E-state index contributed by atoms with van der Waals surface area (Å²) in [5.74, 6) is 0.896. The summed E-state index contributed by atoms with van der Waals surface area (Å²) in [6.07, 6.45) is 4.06. The first-order valence-electron chi connectivity index (χ1n) is 4.77. The lowest BCUT2D eigenvalue weighted by molar-refractivity contribution is 0.0495. The second-order valence-electron chi connectivity index (χ2n) is 4.13. The number of hydrogen-bond donors (Lipinski definition) is 1. The molecule has 0 aromatic heterocycles. The molecule has 2 nitrogen and oxygen atoms in total. The fourth-order valence-electron chi connectivity index (χ4n) is 2.64. The third kappa shape index (κ3) is 2.72. The molecule has 2 rings (SSSR count). The molecular weight excluding hydrogens is 207 g/mol. The van der Waals surface area contributed by atoms with Crippen LogP contribution in [0.15, 0.2) is 0 Å². The molecule has 4 atom stereocenters. The lowest BCUT2D eigenvalue weighted by atomic mass is 9.81. The van der Waals surface area contributed by atoms with Crippen molar-refractivity contribution in [3.8, 4) is 0 Å². The van der Waals surface area contributed by atoms with Crippen LogP contribution in [0.2, 0.25) is 0 Å². The molecule has 0 aliphatic carbocycles. The third-order valence-electron chi connectivity index (χ3n) is 3.35. The molecule has 2 aliphatic rings. The van der Waals surface area contributed by atoms with E-state index in [1.807, 2.05) is 0 Å². The molecule has 0 aromatic carbocycles. The number of halogens is 2. The van der Waals surface area contributed by atoms with Gasteiger partial charge in [0.25, 0.3) is 0 Å². The number of hydrogen-bond acceptors (Lipinski definition) is 2. The Morgan fingerprint density at radius 1 is 1.31 bits per heavy atom. The van der Waals surface area contributed by atoms with Crippen LogP contribution in [0.4, 0.5) is 0 Å². The van der Waals surface area contributed by atoms with Gasteiger partial charge in [0.15, 0.2) is 0 Å². The van der Waals surface area contributed by atoms with Crippen LogP contribution >= 0.6 is 24.8 Å². The van der Waals surface area contributed by atoms with E-state index in [0.717, 1.165) is 18.5 Å². The van der Waals surface area contributed by atoms with E-state index in [0.29, 0.717) is 6.04 Å². The lowest BCUT2D eigenvalue weighted by Gasteiger charge is -2.46. The quantitative estimate of drug-likeness (QED) is 0.682. The van der Waals surface area contributed by atoms with Crippen molar-refractivity contribution in [2.45, 2.75) is 38.3 Å². The number of nitrogens with two attached hydrogens (primary N) is 1. The number of nitrogens with zero attached hydrogens (tertiary/aromatic N) is 1. The van der Waals surface area contributed by atoms with Crippen molar-refractivity contribution in [3.05, 3.63) is 0 Å². The van der Waals surface area contributed by atoms with Crippen molar-refractivity contribution >= 4 is 24.8 Å². The summed E-state index contributed by atoms with van der Waals surface area (Å²) in [6, 6.07) is 1.26. The summed E-state index contributed by atoms with van der Waals surface area (Å²) >= 11 is 0. The molecule has 0 amide bonds. The van der Waals surface area contributed by atoms with Crippen LogP contribution in [0, 0.1) is 5.92 Å². The fraction of sp³-hybridized carbons (Fsp3) is 1.00. The minimum atomic E-state index is 0. The van der Waals surface area contributed by atoms with E-state index >= 15 is 0 Å². The van der Waals surface area contributed by atoms with Crippen LogP contribution in [-0.2, 0) is 0 Å². The van der Waals surface area contributed by atoms with Crippen molar-refractivity contribution < 1.29 is 0 Å². The van der Waals surface area contributed by atoms with Gasteiger partial charge < -0.3 is 5.73 Å². The molecule has 2 fully saturated rings. The Balaban J connectivity index is 0.000000720. The molecule has 4 heteroatoms. The molecule has 2 aliphatic heterocycles. The van der Waals surface area contributed by atoms with E-state index in [1.54, 1.807) is 0 Å². The predicted molar refractivity (Wildman–Crippen MR) is 60.8 cm³/mol. The van der Waals surface area contributed by atoms with Gasteiger partial charge in [-0.25, -0.2) is 0 Å². The van der Waals surface area contributed by atoms with Crippen molar-refractivity contribution in [2.24, 2.45) is 11.7 Å². The normalized spacial score (nSPS) is 42.9. The second-order valence-corrected chi connectivity index (χ2v) is 4.13. The minimum absolute atomic E-state index is 0. The van der Waals surface area contributed by atoms with Gasteiger partial charge >= 0.3 is 0 Å². The van der Waals surface area contributed by atoms with E-state index < -0.39 is 0 Å². The van der Waals surface area contributed by atoms with Crippen molar-refractivity contribution in [1.29, 1.82) is 0 Å². The predicted octanol–water partition coefficient (Wildman–Crippen LogP) is 1.66. The maximum absolute atomic E-state index is 5.95. The molecule has 0 spiro atoms. The number of piperidine rings is 2. The summed E-state index contributed by atoms with van der Waals surface area (Å²) in [5.41, 5.74) is 5.95. The monoisotopic (exact) mass is 226 g/mol. The van der Waals surface area contributed by atoms with Gasteiger partial charge in [-0.1, -0.05) is 0 Å². The van der Waals surface area contributed by atoms with Gasteiger partial charge in [-0.3, -0.25) is 4.90 Å². The molecule has 2 saturated heterocycles.